The molecule has 2 N–H and O–H groups in total. The Labute approximate surface area is 159 Å². The monoisotopic (exact) mass is 394 g/mol. The molecule has 0 spiro atoms. The highest BCUT2D eigenvalue weighted by molar-refractivity contribution is 7.92. The van der Waals surface area contributed by atoms with Gasteiger partial charge in [-0.2, -0.15) is 0 Å². The first kappa shape index (κ1) is 20.3. The molecule has 7 heteroatoms. The fraction of sp³-hybridized carbons (Fsp3) is 0.316. The lowest BCUT2D eigenvalue weighted by Crippen LogP contribution is -2.24. The number of aryl methyl sites for hydroxylation is 2. The Balaban J connectivity index is 1.65. The van der Waals surface area contributed by atoms with E-state index < -0.39 is 10.0 Å². The molecule has 26 heavy (non-hydrogen) atoms. The van der Waals surface area contributed by atoms with Crippen LogP contribution in [0, 0.1) is 0 Å². The summed E-state index contributed by atoms with van der Waals surface area (Å²) >= 11 is 5.93. The lowest BCUT2D eigenvalue weighted by molar-refractivity contribution is -0.121. The molecule has 0 saturated carbocycles. The second-order valence-electron chi connectivity index (χ2n) is 6.15. The van der Waals surface area contributed by atoms with Crippen LogP contribution in [0.3, 0.4) is 0 Å². The Morgan fingerprint density at radius 1 is 1.04 bits per heavy atom. The van der Waals surface area contributed by atoms with Gasteiger partial charge in [-0.25, -0.2) is 8.42 Å². The van der Waals surface area contributed by atoms with Crippen LogP contribution in [-0.4, -0.2) is 27.1 Å². The van der Waals surface area contributed by atoms with E-state index in [4.69, 9.17) is 11.6 Å². The first-order valence-electron chi connectivity index (χ1n) is 8.40. The Morgan fingerprint density at radius 3 is 2.42 bits per heavy atom. The molecule has 0 aliphatic rings. The van der Waals surface area contributed by atoms with E-state index in [1.165, 1.54) is 0 Å². The molecule has 0 heterocycles. The molecule has 0 atom stereocenters. The van der Waals surface area contributed by atoms with Crippen molar-refractivity contribution in [1.29, 1.82) is 0 Å². The molecule has 0 aliphatic heterocycles. The van der Waals surface area contributed by atoms with E-state index in [0.717, 1.165) is 30.2 Å². The van der Waals surface area contributed by atoms with Gasteiger partial charge in [0.25, 0.3) is 0 Å². The maximum atomic E-state index is 11.9. The molecule has 0 radical (unpaired) electrons. The van der Waals surface area contributed by atoms with Crippen molar-refractivity contribution in [2.24, 2.45) is 0 Å². The summed E-state index contributed by atoms with van der Waals surface area (Å²) in [5.41, 5.74) is 2.69. The van der Waals surface area contributed by atoms with Crippen molar-refractivity contribution in [2.75, 3.05) is 17.5 Å². The number of carbonyl (C=O) groups is 1. The zero-order valence-electron chi connectivity index (χ0n) is 14.7. The highest BCUT2D eigenvalue weighted by Crippen LogP contribution is 2.13. The predicted molar refractivity (Wildman–Crippen MR) is 106 cm³/mol. The summed E-state index contributed by atoms with van der Waals surface area (Å²) in [5.74, 6) is 0.0256. The van der Waals surface area contributed by atoms with Gasteiger partial charge in [0, 0.05) is 23.7 Å². The number of rotatable bonds is 9. The number of hydrogen-bond acceptors (Lipinski definition) is 3. The Bertz CT molecular complexity index is 836. The molecule has 140 valence electrons. The summed E-state index contributed by atoms with van der Waals surface area (Å²) in [6, 6.07) is 14.8. The molecule has 1 amide bonds. The van der Waals surface area contributed by atoms with E-state index in [9.17, 15) is 13.2 Å². The van der Waals surface area contributed by atoms with E-state index >= 15 is 0 Å². The van der Waals surface area contributed by atoms with Crippen LogP contribution in [0.4, 0.5) is 5.69 Å². The fourth-order valence-corrected chi connectivity index (χ4v) is 3.29. The zero-order valence-corrected chi connectivity index (χ0v) is 16.2. The molecule has 0 aliphatic carbocycles. The van der Waals surface area contributed by atoms with Crippen molar-refractivity contribution in [2.45, 2.75) is 25.7 Å². The van der Waals surface area contributed by atoms with Crippen molar-refractivity contribution in [3.8, 4) is 0 Å². The average molecular weight is 395 g/mol. The van der Waals surface area contributed by atoms with Crippen LogP contribution < -0.4 is 10.0 Å². The third kappa shape index (κ3) is 7.89. The first-order valence-corrected chi connectivity index (χ1v) is 10.7. The van der Waals surface area contributed by atoms with Gasteiger partial charge in [-0.3, -0.25) is 9.52 Å². The van der Waals surface area contributed by atoms with Gasteiger partial charge in [0.05, 0.1) is 6.26 Å². The first-order chi connectivity index (χ1) is 12.3. The summed E-state index contributed by atoms with van der Waals surface area (Å²) in [6.45, 7) is 0.609. The largest absolute Gasteiger partial charge is 0.356 e. The summed E-state index contributed by atoms with van der Waals surface area (Å²) in [7, 11) is -3.25. The van der Waals surface area contributed by atoms with Crippen LogP contribution in [0.15, 0.2) is 48.5 Å². The predicted octanol–water partition coefficient (Wildman–Crippen LogP) is 3.39. The van der Waals surface area contributed by atoms with Crippen molar-refractivity contribution in [3.05, 3.63) is 64.7 Å². The second kappa shape index (κ2) is 9.59. The van der Waals surface area contributed by atoms with E-state index in [1.54, 1.807) is 12.1 Å². The Kier molecular flexibility index (Phi) is 7.48. The minimum Gasteiger partial charge on any atom is -0.356 e. The van der Waals surface area contributed by atoms with Gasteiger partial charge in [-0.1, -0.05) is 35.9 Å². The second-order valence-corrected chi connectivity index (χ2v) is 8.34. The molecule has 0 fully saturated rings. The molecule has 0 bridgehead atoms. The van der Waals surface area contributed by atoms with E-state index in [2.05, 4.69) is 10.0 Å². The highest BCUT2D eigenvalue weighted by Gasteiger charge is 2.04. The molecular formula is C19H23ClN2O3S. The van der Waals surface area contributed by atoms with Crippen LogP contribution in [0.25, 0.3) is 0 Å². The highest BCUT2D eigenvalue weighted by atomic mass is 35.5. The third-order valence-corrected chi connectivity index (χ3v) is 4.59. The number of carbonyl (C=O) groups excluding carboxylic acids is 1. The standard InChI is InChI=1S/C19H23ClN2O3S/c1-26(24,25)22-18-10-7-15(8-11-18)5-3-13-21-19(23)12-9-16-4-2-6-17(20)14-16/h2,4,6-8,10-11,14,22H,3,5,9,12-13H2,1H3,(H,21,23). The summed E-state index contributed by atoms with van der Waals surface area (Å²) < 4.78 is 24.8. The number of halogens is 1. The Hall–Kier alpha value is -2.05. The molecule has 2 rings (SSSR count). The number of amides is 1. The van der Waals surface area contributed by atoms with Crippen LogP contribution in [0.1, 0.15) is 24.0 Å². The van der Waals surface area contributed by atoms with E-state index in [0.29, 0.717) is 30.1 Å². The van der Waals surface area contributed by atoms with Crippen LogP contribution in [0.2, 0.25) is 5.02 Å². The number of benzene rings is 2. The van der Waals surface area contributed by atoms with Crippen molar-refractivity contribution in [3.63, 3.8) is 0 Å². The average Bonchev–Trinajstić information content (AvgIpc) is 2.57. The normalized spacial score (nSPS) is 11.2. The lowest BCUT2D eigenvalue weighted by atomic mass is 10.1. The van der Waals surface area contributed by atoms with Crippen molar-refractivity contribution in [1.82, 2.24) is 5.32 Å². The van der Waals surface area contributed by atoms with E-state index in [1.807, 2.05) is 36.4 Å². The number of anilines is 1. The summed E-state index contributed by atoms with van der Waals surface area (Å²) in [5, 5.41) is 3.60. The molecule has 2 aromatic rings. The molecular weight excluding hydrogens is 372 g/mol. The fourth-order valence-electron chi connectivity index (χ4n) is 2.51. The smallest absolute Gasteiger partial charge is 0.229 e. The van der Waals surface area contributed by atoms with Gasteiger partial charge in [0.15, 0.2) is 0 Å². The van der Waals surface area contributed by atoms with Gasteiger partial charge in [0.2, 0.25) is 15.9 Å². The molecule has 0 saturated heterocycles. The van der Waals surface area contributed by atoms with Crippen molar-refractivity contribution < 1.29 is 13.2 Å². The third-order valence-electron chi connectivity index (χ3n) is 3.75. The van der Waals surface area contributed by atoms with Gasteiger partial charge in [-0.15, -0.1) is 0 Å². The molecule has 0 aromatic heterocycles. The summed E-state index contributed by atoms with van der Waals surface area (Å²) in [4.78, 5) is 11.9. The number of hydrogen-bond donors (Lipinski definition) is 2. The quantitative estimate of drug-likeness (QED) is 0.640. The topological polar surface area (TPSA) is 75.3 Å². The van der Waals surface area contributed by atoms with Gasteiger partial charge in [0.1, 0.15) is 0 Å². The maximum Gasteiger partial charge on any atom is 0.229 e. The van der Waals surface area contributed by atoms with E-state index in [-0.39, 0.29) is 5.91 Å². The van der Waals surface area contributed by atoms with Crippen LogP contribution in [-0.2, 0) is 27.7 Å². The SMILES string of the molecule is CS(=O)(=O)Nc1ccc(CCCNC(=O)CCc2cccc(Cl)c2)cc1. The zero-order chi connectivity index (χ0) is 19.0. The van der Waals surface area contributed by atoms with Crippen LogP contribution >= 0.6 is 11.6 Å². The molecule has 2 aromatic carbocycles. The van der Waals surface area contributed by atoms with Crippen LogP contribution in [0.5, 0.6) is 0 Å². The lowest BCUT2D eigenvalue weighted by Gasteiger charge is -2.07. The Morgan fingerprint density at radius 2 is 1.77 bits per heavy atom. The van der Waals surface area contributed by atoms with Gasteiger partial charge >= 0.3 is 0 Å². The van der Waals surface area contributed by atoms with Gasteiger partial charge < -0.3 is 5.32 Å². The minimum atomic E-state index is -3.25. The molecule has 5 nitrogen and oxygen atoms in total. The maximum absolute atomic E-state index is 11.9. The summed E-state index contributed by atoms with van der Waals surface area (Å²) in [6.07, 6.45) is 3.86. The minimum absolute atomic E-state index is 0.0256. The number of sulfonamides is 1. The number of nitrogens with one attached hydrogen (secondary N) is 2. The molecule has 0 unspecified atom stereocenters. The van der Waals surface area contributed by atoms with Crippen molar-refractivity contribution >= 4 is 33.2 Å². The van der Waals surface area contributed by atoms with Gasteiger partial charge in [-0.05, 0) is 54.7 Å².